The molecule has 1 aliphatic rings. The maximum atomic E-state index is 12.1. The molecule has 1 aliphatic heterocycles. The first kappa shape index (κ1) is 15.1. The van der Waals surface area contributed by atoms with Gasteiger partial charge in [-0.3, -0.25) is 4.79 Å². The number of carbonyl (C=O) groups excluding carboxylic acids is 1. The summed E-state index contributed by atoms with van der Waals surface area (Å²) in [5.41, 5.74) is 6.87. The molecule has 2 rings (SSSR count). The highest BCUT2D eigenvalue weighted by molar-refractivity contribution is 6.33. The highest BCUT2D eigenvalue weighted by Crippen LogP contribution is 2.29. The second kappa shape index (κ2) is 6.02. The van der Waals surface area contributed by atoms with Crippen molar-refractivity contribution in [3.63, 3.8) is 0 Å². The number of nitrogens with one attached hydrogen (secondary N) is 1. The molecule has 0 atom stereocenters. The molecule has 0 unspecified atom stereocenters. The molecule has 1 saturated heterocycles. The molecule has 0 saturated carbocycles. The average molecular weight is 296 g/mol. The lowest BCUT2D eigenvalue weighted by molar-refractivity contribution is 0.0891. The van der Waals surface area contributed by atoms with E-state index >= 15 is 0 Å². The molecule has 1 amide bonds. The standard InChI is InChI=1S/C15H22ClN3O/c1-15(5-7-19(2)8-6-15)10-18-14(20)11-3-4-13(17)12(16)9-11/h3-4,9H,5-8,10,17H2,1-2H3,(H,18,20). The number of likely N-dealkylation sites (tertiary alicyclic amines) is 1. The molecule has 1 fully saturated rings. The van der Waals surface area contributed by atoms with Gasteiger partial charge in [0, 0.05) is 12.1 Å². The average Bonchev–Trinajstić information content (AvgIpc) is 2.43. The van der Waals surface area contributed by atoms with Crippen LogP contribution in [0.3, 0.4) is 0 Å². The van der Waals surface area contributed by atoms with Crippen LogP contribution >= 0.6 is 11.6 Å². The van der Waals surface area contributed by atoms with E-state index in [9.17, 15) is 4.79 Å². The normalized spacial score (nSPS) is 18.8. The molecule has 3 N–H and O–H groups in total. The number of piperidine rings is 1. The fraction of sp³-hybridized carbons (Fsp3) is 0.533. The van der Waals surface area contributed by atoms with Crippen molar-refractivity contribution >= 4 is 23.2 Å². The number of nitrogens with zero attached hydrogens (tertiary/aromatic N) is 1. The van der Waals surface area contributed by atoms with E-state index in [2.05, 4.69) is 24.2 Å². The second-order valence-corrected chi connectivity index (χ2v) is 6.44. The van der Waals surface area contributed by atoms with E-state index in [-0.39, 0.29) is 11.3 Å². The monoisotopic (exact) mass is 295 g/mol. The van der Waals surface area contributed by atoms with Crippen molar-refractivity contribution in [2.24, 2.45) is 5.41 Å². The Bertz CT molecular complexity index is 496. The number of rotatable bonds is 3. The van der Waals surface area contributed by atoms with Crippen LogP contribution in [0.2, 0.25) is 5.02 Å². The van der Waals surface area contributed by atoms with E-state index < -0.39 is 0 Å². The largest absolute Gasteiger partial charge is 0.398 e. The van der Waals surface area contributed by atoms with Crippen molar-refractivity contribution in [3.05, 3.63) is 28.8 Å². The van der Waals surface area contributed by atoms with E-state index in [1.54, 1.807) is 18.2 Å². The van der Waals surface area contributed by atoms with Gasteiger partial charge in [-0.2, -0.15) is 0 Å². The van der Waals surface area contributed by atoms with Crippen LogP contribution in [0.4, 0.5) is 5.69 Å². The summed E-state index contributed by atoms with van der Waals surface area (Å²) < 4.78 is 0. The number of hydrogen-bond donors (Lipinski definition) is 2. The molecule has 110 valence electrons. The Morgan fingerprint density at radius 3 is 2.70 bits per heavy atom. The minimum absolute atomic E-state index is 0.0907. The smallest absolute Gasteiger partial charge is 0.251 e. The van der Waals surface area contributed by atoms with E-state index in [4.69, 9.17) is 17.3 Å². The Hall–Kier alpha value is -1.26. The molecule has 1 aromatic carbocycles. The molecule has 5 heteroatoms. The summed E-state index contributed by atoms with van der Waals surface area (Å²) in [6.45, 7) is 5.10. The molecule has 0 bridgehead atoms. The van der Waals surface area contributed by atoms with Gasteiger partial charge in [0.2, 0.25) is 0 Å². The molecule has 4 nitrogen and oxygen atoms in total. The summed E-state index contributed by atoms with van der Waals surface area (Å²) >= 11 is 5.94. The molecular formula is C15H22ClN3O. The number of anilines is 1. The van der Waals surface area contributed by atoms with Gasteiger partial charge in [0.1, 0.15) is 0 Å². The Morgan fingerprint density at radius 1 is 1.45 bits per heavy atom. The van der Waals surface area contributed by atoms with Crippen molar-refractivity contribution in [2.75, 3.05) is 32.4 Å². The lowest BCUT2D eigenvalue weighted by Crippen LogP contribution is -2.43. The van der Waals surface area contributed by atoms with Crippen LogP contribution in [0.5, 0.6) is 0 Å². The van der Waals surface area contributed by atoms with Gasteiger partial charge < -0.3 is 16.0 Å². The maximum Gasteiger partial charge on any atom is 0.251 e. The molecule has 0 aromatic heterocycles. The second-order valence-electron chi connectivity index (χ2n) is 6.03. The first-order chi connectivity index (χ1) is 9.39. The lowest BCUT2D eigenvalue weighted by atomic mass is 9.80. The molecule has 0 aliphatic carbocycles. The van der Waals surface area contributed by atoms with Crippen LogP contribution in [0, 0.1) is 5.41 Å². The van der Waals surface area contributed by atoms with Crippen LogP contribution in [0.15, 0.2) is 18.2 Å². The Kier molecular flexibility index (Phi) is 4.55. The lowest BCUT2D eigenvalue weighted by Gasteiger charge is -2.37. The number of benzene rings is 1. The van der Waals surface area contributed by atoms with Gasteiger partial charge in [-0.15, -0.1) is 0 Å². The Morgan fingerprint density at radius 2 is 2.10 bits per heavy atom. The third kappa shape index (κ3) is 3.64. The number of nitrogens with two attached hydrogens (primary N) is 1. The fourth-order valence-electron chi connectivity index (χ4n) is 2.40. The van der Waals surface area contributed by atoms with E-state index in [0.29, 0.717) is 22.8 Å². The SMILES string of the molecule is CN1CCC(C)(CNC(=O)c2ccc(N)c(Cl)c2)CC1. The Balaban J connectivity index is 1.93. The van der Waals surface area contributed by atoms with Gasteiger partial charge in [0.25, 0.3) is 5.91 Å². The highest BCUT2D eigenvalue weighted by Gasteiger charge is 2.29. The third-order valence-corrected chi connectivity index (χ3v) is 4.46. The molecule has 20 heavy (non-hydrogen) atoms. The van der Waals surface area contributed by atoms with Gasteiger partial charge in [-0.1, -0.05) is 18.5 Å². The van der Waals surface area contributed by atoms with Gasteiger partial charge in [-0.25, -0.2) is 0 Å². The van der Waals surface area contributed by atoms with Crippen molar-refractivity contribution in [2.45, 2.75) is 19.8 Å². The zero-order chi connectivity index (χ0) is 14.8. The van der Waals surface area contributed by atoms with Crippen molar-refractivity contribution in [1.29, 1.82) is 0 Å². The predicted molar refractivity (Wildman–Crippen MR) is 83.0 cm³/mol. The number of hydrogen-bond acceptors (Lipinski definition) is 3. The fourth-order valence-corrected chi connectivity index (χ4v) is 2.58. The summed E-state index contributed by atoms with van der Waals surface area (Å²) in [7, 11) is 2.13. The number of halogens is 1. The van der Waals surface area contributed by atoms with Crippen molar-refractivity contribution < 1.29 is 4.79 Å². The van der Waals surface area contributed by atoms with E-state index in [1.807, 2.05) is 0 Å². The zero-order valence-electron chi connectivity index (χ0n) is 12.1. The quantitative estimate of drug-likeness (QED) is 0.842. The first-order valence-corrected chi connectivity index (χ1v) is 7.29. The van der Waals surface area contributed by atoms with Gasteiger partial charge in [-0.05, 0) is 56.6 Å². The third-order valence-electron chi connectivity index (χ3n) is 4.13. The van der Waals surface area contributed by atoms with Crippen molar-refractivity contribution in [1.82, 2.24) is 10.2 Å². The Labute approximate surface area is 125 Å². The summed E-state index contributed by atoms with van der Waals surface area (Å²) in [5.74, 6) is -0.0907. The van der Waals surface area contributed by atoms with Crippen LogP contribution < -0.4 is 11.1 Å². The molecule has 1 heterocycles. The minimum atomic E-state index is -0.0907. The summed E-state index contributed by atoms with van der Waals surface area (Å²) in [6, 6.07) is 4.98. The summed E-state index contributed by atoms with van der Waals surface area (Å²) in [5, 5.41) is 3.43. The number of amides is 1. The summed E-state index contributed by atoms with van der Waals surface area (Å²) in [4.78, 5) is 14.5. The van der Waals surface area contributed by atoms with Gasteiger partial charge in [0.15, 0.2) is 0 Å². The minimum Gasteiger partial charge on any atom is -0.398 e. The molecule has 0 radical (unpaired) electrons. The van der Waals surface area contributed by atoms with E-state index in [1.165, 1.54) is 0 Å². The first-order valence-electron chi connectivity index (χ1n) is 6.91. The van der Waals surface area contributed by atoms with Gasteiger partial charge >= 0.3 is 0 Å². The van der Waals surface area contributed by atoms with E-state index in [0.717, 1.165) is 25.9 Å². The van der Waals surface area contributed by atoms with Gasteiger partial charge in [0.05, 0.1) is 10.7 Å². The molecule has 1 aromatic rings. The number of nitrogen functional groups attached to an aromatic ring is 1. The topological polar surface area (TPSA) is 58.4 Å². The van der Waals surface area contributed by atoms with Crippen molar-refractivity contribution in [3.8, 4) is 0 Å². The van der Waals surface area contributed by atoms with Crippen LogP contribution in [-0.2, 0) is 0 Å². The molecular weight excluding hydrogens is 274 g/mol. The van der Waals surface area contributed by atoms with Crippen LogP contribution in [0.1, 0.15) is 30.1 Å². The zero-order valence-corrected chi connectivity index (χ0v) is 12.8. The highest BCUT2D eigenvalue weighted by atomic mass is 35.5. The maximum absolute atomic E-state index is 12.1. The molecule has 0 spiro atoms. The summed E-state index contributed by atoms with van der Waals surface area (Å²) in [6.07, 6.45) is 2.21. The number of carbonyl (C=O) groups is 1. The predicted octanol–water partition coefficient (Wildman–Crippen LogP) is 2.38. The van der Waals surface area contributed by atoms with Crippen LogP contribution in [-0.4, -0.2) is 37.5 Å². The van der Waals surface area contributed by atoms with Crippen LogP contribution in [0.25, 0.3) is 0 Å².